The Bertz CT molecular complexity index is 647. The van der Waals surface area contributed by atoms with Gasteiger partial charge in [-0.25, -0.2) is 4.79 Å². The third-order valence-electron chi connectivity index (χ3n) is 4.91. The smallest absolute Gasteiger partial charge is 0.319 e. The highest BCUT2D eigenvalue weighted by Crippen LogP contribution is 2.29. The molecule has 0 aromatic heterocycles. The van der Waals surface area contributed by atoms with Crippen molar-refractivity contribution in [2.75, 3.05) is 23.3 Å². The van der Waals surface area contributed by atoms with Crippen LogP contribution in [0.5, 0.6) is 0 Å². The molecule has 25 heavy (non-hydrogen) atoms. The van der Waals surface area contributed by atoms with Crippen LogP contribution in [0.25, 0.3) is 0 Å². The Kier molecular flexibility index (Phi) is 5.44. The second-order valence-corrected chi connectivity index (χ2v) is 7.05. The van der Waals surface area contributed by atoms with Crippen molar-refractivity contribution < 1.29 is 9.53 Å². The van der Waals surface area contributed by atoms with Gasteiger partial charge in [0.2, 0.25) is 0 Å². The van der Waals surface area contributed by atoms with Crippen LogP contribution >= 0.6 is 0 Å². The molecule has 134 valence electrons. The van der Waals surface area contributed by atoms with Crippen LogP contribution in [0.2, 0.25) is 0 Å². The fourth-order valence-corrected chi connectivity index (χ4v) is 3.84. The summed E-state index contributed by atoms with van der Waals surface area (Å²) in [4.78, 5) is 14.7. The SMILES string of the molecule is C[C@@H]1CN(c2ccccc2NC(=O)N[C@@H]2CCC[C@@H]2C#N)C[C@H](C)O1. The van der Waals surface area contributed by atoms with E-state index in [0.717, 1.165) is 43.7 Å². The number of nitrogens with one attached hydrogen (secondary N) is 2. The normalized spacial score (nSPS) is 29.1. The van der Waals surface area contributed by atoms with Crippen molar-refractivity contribution >= 4 is 17.4 Å². The molecule has 6 nitrogen and oxygen atoms in total. The van der Waals surface area contributed by atoms with Crippen molar-refractivity contribution in [3.63, 3.8) is 0 Å². The number of carbonyl (C=O) groups is 1. The fourth-order valence-electron chi connectivity index (χ4n) is 3.84. The summed E-state index contributed by atoms with van der Waals surface area (Å²) in [6.07, 6.45) is 3.03. The van der Waals surface area contributed by atoms with Gasteiger partial charge in [0.05, 0.1) is 35.6 Å². The lowest BCUT2D eigenvalue weighted by molar-refractivity contribution is -0.00517. The van der Waals surface area contributed by atoms with E-state index in [1.165, 1.54) is 0 Å². The molecular weight excluding hydrogens is 316 g/mol. The minimum atomic E-state index is -0.242. The third kappa shape index (κ3) is 4.23. The number of morpholine rings is 1. The predicted octanol–water partition coefficient (Wildman–Crippen LogP) is 3.11. The second-order valence-electron chi connectivity index (χ2n) is 7.05. The average molecular weight is 342 g/mol. The average Bonchev–Trinajstić information content (AvgIpc) is 3.01. The summed E-state index contributed by atoms with van der Waals surface area (Å²) in [5, 5.41) is 15.1. The van der Waals surface area contributed by atoms with Crippen molar-refractivity contribution in [2.45, 2.75) is 51.4 Å². The molecule has 0 unspecified atom stereocenters. The number of benzene rings is 1. The van der Waals surface area contributed by atoms with Crippen LogP contribution < -0.4 is 15.5 Å². The molecule has 2 fully saturated rings. The molecule has 1 saturated heterocycles. The summed E-state index contributed by atoms with van der Waals surface area (Å²) in [6, 6.07) is 9.82. The first-order valence-electron chi connectivity index (χ1n) is 9.03. The molecule has 2 N–H and O–H groups in total. The van der Waals surface area contributed by atoms with Crippen molar-refractivity contribution in [1.29, 1.82) is 5.26 Å². The molecule has 0 radical (unpaired) electrons. The third-order valence-corrected chi connectivity index (χ3v) is 4.91. The lowest BCUT2D eigenvalue weighted by Crippen LogP contribution is -2.46. The molecule has 3 rings (SSSR count). The van der Waals surface area contributed by atoms with Gasteiger partial charge < -0.3 is 20.3 Å². The van der Waals surface area contributed by atoms with E-state index in [9.17, 15) is 4.79 Å². The summed E-state index contributed by atoms with van der Waals surface area (Å²) >= 11 is 0. The number of carbonyl (C=O) groups excluding carboxylic acids is 1. The molecule has 1 aliphatic heterocycles. The highest BCUT2D eigenvalue weighted by molar-refractivity contribution is 5.93. The Morgan fingerprint density at radius 2 is 1.96 bits per heavy atom. The molecule has 0 spiro atoms. The van der Waals surface area contributed by atoms with Crippen molar-refractivity contribution in [1.82, 2.24) is 5.32 Å². The number of ether oxygens (including phenoxy) is 1. The Labute approximate surface area is 149 Å². The first kappa shape index (κ1) is 17.6. The molecule has 2 aliphatic rings. The first-order valence-corrected chi connectivity index (χ1v) is 9.03. The number of para-hydroxylation sites is 2. The maximum atomic E-state index is 12.4. The van der Waals surface area contributed by atoms with Gasteiger partial charge in [0.1, 0.15) is 0 Å². The van der Waals surface area contributed by atoms with Gasteiger partial charge in [-0.3, -0.25) is 0 Å². The molecule has 1 aromatic carbocycles. The molecule has 2 amide bonds. The van der Waals surface area contributed by atoms with E-state index in [0.29, 0.717) is 0 Å². The maximum Gasteiger partial charge on any atom is 0.319 e. The van der Waals surface area contributed by atoms with Gasteiger partial charge in [-0.15, -0.1) is 0 Å². The molecule has 4 atom stereocenters. The Hall–Kier alpha value is -2.26. The first-order chi connectivity index (χ1) is 12.1. The van der Waals surface area contributed by atoms with Gasteiger partial charge in [-0.05, 0) is 45.2 Å². The number of rotatable bonds is 3. The summed E-state index contributed by atoms with van der Waals surface area (Å²) in [5.74, 6) is -0.0815. The summed E-state index contributed by atoms with van der Waals surface area (Å²) < 4.78 is 5.80. The monoisotopic (exact) mass is 342 g/mol. The lowest BCUT2D eigenvalue weighted by Gasteiger charge is -2.37. The quantitative estimate of drug-likeness (QED) is 0.885. The number of amides is 2. The Morgan fingerprint density at radius 1 is 1.24 bits per heavy atom. The van der Waals surface area contributed by atoms with Crippen LogP contribution in [0.1, 0.15) is 33.1 Å². The topological polar surface area (TPSA) is 77.4 Å². The van der Waals surface area contributed by atoms with Gasteiger partial charge in [0.15, 0.2) is 0 Å². The molecule has 6 heteroatoms. The molecule has 1 heterocycles. The number of nitrogens with zero attached hydrogens (tertiary/aromatic N) is 2. The standard InChI is InChI=1S/C19H26N4O2/c1-13-11-23(12-14(2)25-13)18-9-4-3-7-17(18)22-19(24)21-16-8-5-6-15(16)10-20/h3-4,7,9,13-16H,5-6,8,11-12H2,1-2H3,(H2,21,22,24)/t13-,14+,15-,16-/m1/s1. The van der Waals surface area contributed by atoms with Gasteiger partial charge in [0.25, 0.3) is 0 Å². The van der Waals surface area contributed by atoms with E-state index < -0.39 is 0 Å². The Morgan fingerprint density at radius 3 is 2.68 bits per heavy atom. The lowest BCUT2D eigenvalue weighted by atomic mass is 10.1. The van der Waals surface area contributed by atoms with Gasteiger partial charge in [-0.2, -0.15) is 5.26 Å². The number of nitriles is 1. The van der Waals surface area contributed by atoms with E-state index >= 15 is 0 Å². The molecule has 1 saturated carbocycles. The van der Waals surface area contributed by atoms with E-state index in [-0.39, 0.29) is 30.2 Å². The van der Waals surface area contributed by atoms with Crippen LogP contribution in [0, 0.1) is 17.2 Å². The maximum absolute atomic E-state index is 12.4. The zero-order chi connectivity index (χ0) is 17.8. The molecule has 1 aromatic rings. The van der Waals surface area contributed by atoms with E-state index in [1.807, 2.05) is 24.3 Å². The van der Waals surface area contributed by atoms with Crippen LogP contribution in [0.3, 0.4) is 0 Å². The van der Waals surface area contributed by atoms with Crippen molar-refractivity contribution in [3.05, 3.63) is 24.3 Å². The zero-order valence-electron chi connectivity index (χ0n) is 14.9. The highest BCUT2D eigenvalue weighted by atomic mass is 16.5. The minimum Gasteiger partial charge on any atom is -0.372 e. The highest BCUT2D eigenvalue weighted by Gasteiger charge is 2.29. The number of hydrogen-bond acceptors (Lipinski definition) is 4. The van der Waals surface area contributed by atoms with E-state index in [2.05, 4.69) is 35.5 Å². The summed E-state index contributed by atoms with van der Waals surface area (Å²) in [5.41, 5.74) is 1.79. The van der Waals surface area contributed by atoms with Gasteiger partial charge >= 0.3 is 6.03 Å². The molecular formula is C19H26N4O2. The van der Waals surface area contributed by atoms with Crippen LogP contribution in [0.4, 0.5) is 16.2 Å². The largest absolute Gasteiger partial charge is 0.372 e. The van der Waals surface area contributed by atoms with Crippen molar-refractivity contribution in [3.8, 4) is 6.07 Å². The van der Waals surface area contributed by atoms with E-state index in [1.54, 1.807) is 0 Å². The zero-order valence-corrected chi connectivity index (χ0v) is 14.9. The van der Waals surface area contributed by atoms with Crippen molar-refractivity contribution in [2.24, 2.45) is 5.92 Å². The Balaban J connectivity index is 1.68. The number of hydrogen-bond donors (Lipinski definition) is 2. The number of urea groups is 1. The second kappa shape index (κ2) is 7.75. The minimum absolute atomic E-state index is 0.0550. The predicted molar refractivity (Wildman–Crippen MR) is 97.6 cm³/mol. The molecule has 0 bridgehead atoms. The molecule has 1 aliphatic carbocycles. The van der Waals surface area contributed by atoms with Crippen LogP contribution in [-0.2, 0) is 4.74 Å². The van der Waals surface area contributed by atoms with Crippen LogP contribution in [-0.4, -0.2) is 37.4 Å². The van der Waals surface area contributed by atoms with Gasteiger partial charge in [0, 0.05) is 19.1 Å². The fraction of sp³-hybridized carbons (Fsp3) is 0.579. The summed E-state index contributed by atoms with van der Waals surface area (Å²) in [6.45, 7) is 5.72. The van der Waals surface area contributed by atoms with Gasteiger partial charge in [-0.1, -0.05) is 12.1 Å². The summed E-state index contributed by atoms with van der Waals surface area (Å²) in [7, 11) is 0. The number of anilines is 2. The van der Waals surface area contributed by atoms with Crippen LogP contribution in [0.15, 0.2) is 24.3 Å². The van der Waals surface area contributed by atoms with E-state index in [4.69, 9.17) is 10.00 Å².